The first kappa shape index (κ1) is 19.8. The Hall–Kier alpha value is -2.98. The van der Waals surface area contributed by atoms with Gasteiger partial charge in [-0.3, -0.25) is 14.2 Å². The van der Waals surface area contributed by atoms with Crippen molar-refractivity contribution in [2.45, 2.75) is 11.7 Å². The molecule has 11 heteroatoms. The van der Waals surface area contributed by atoms with Gasteiger partial charge in [0.05, 0.1) is 24.1 Å². The van der Waals surface area contributed by atoms with Gasteiger partial charge in [-0.2, -0.15) is 0 Å². The Morgan fingerprint density at radius 3 is 2.82 bits per heavy atom. The summed E-state index contributed by atoms with van der Waals surface area (Å²) in [7, 11) is 1.51. The van der Waals surface area contributed by atoms with E-state index in [4.69, 9.17) is 26.5 Å². The number of nitrogens with two attached hydrogens (primary N) is 1. The van der Waals surface area contributed by atoms with Crippen LogP contribution in [0.3, 0.4) is 0 Å². The van der Waals surface area contributed by atoms with Crippen LogP contribution in [0.5, 0.6) is 5.75 Å². The number of benzene rings is 1. The molecule has 9 nitrogen and oxygen atoms in total. The van der Waals surface area contributed by atoms with Gasteiger partial charge in [0.25, 0.3) is 0 Å². The fourth-order valence-electron chi connectivity index (χ4n) is 2.35. The van der Waals surface area contributed by atoms with Crippen molar-refractivity contribution in [2.75, 3.05) is 18.2 Å². The highest BCUT2D eigenvalue weighted by Crippen LogP contribution is 2.28. The molecule has 0 bridgehead atoms. The molecule has 3 rings (SSSR count). The molecule has 1 aromatic carbocycles. The Balaban J connectivity index is 1.69. The lowest BCUT2D eigenvalue weighted by molar-refractivity contribution is -0.118. The van der Waals surface area contributed by atoms with E-state index in [1.807, 2.05) is 0 Å². The SMILES string of the molecule is COc1ccc(NC(=O)CSc2nnc(-c3ccco3)n2CC(N)=O)cc1Cl. The summed E-state index contributed by atoms with van der Waals surface area (Å²) in [5, 5.41) is 11.5. The van der Waals surface area contributed by atoms with Crippen molar-refractivity contribution in [3.05, 3.63) is 41.6 Å². The van der Waals surface area contributed by atoms with Gasteiger partial charge in [-0.15, -0.1) is 10.2 Å². The number of nitrogens with zero attached hydrogens (tertiary/aromatic N) is 3. The largest absolute Gasteiger partial charge is 0.495 e. The minimum atomic E-state index is -0.563. The third-order valence-corrected chi connectivity index (χ3v) is 4.80. The van der Waals surface area contributed by atoms with Crippen LogP contribution >= 0.6 is 23.4 Å². The van der Waals surface area contributed by atoms with Gasteiger partial charge in [0.1, 0.15) is 12.3 Å². The summed E-state index contributed by atoms with van der Waals surface area (Å²) < 4.78 is 11.9. The number of rotatable bonds is 8. The molecule has 0 saturated heterocycles. The molecule has 0 aliphatic rings. The van der Waals surface area contributed by atoms with Gasteiger partial charge in [0.15, 0.2) is 10.9 Å². The fourth-order valence-corrected chi connectivity index (χ4v) is 3.35. The molecule has 2 amide bonds. The van der Waals surface area contributed by atoms with E-state index in [9.17, 15) is 9.59 Å². The van der Waals surface area contributed by atoms with E-state index in [1.54, 1.807) is 30.3 Å². The minimum absolute atomic E-state index is 0.0404. The smallest absolute Gasteiger partial charge is 0.237 e. The molecule has 0 radical (unpaired) electrons. The number of furan rings is 1. The second-order valence-electron chi connectivity index (χ2n) is 5.52. The van der Waals surface area contributed by atoms with Crippen molar-refractivity contribution in [1.29, 1.82) is 0 Å². The second kappa shape index (κ2) is 8.81. The van der Waals surface area contributed by atoms with Crippen molar-refractivity contribution in [3.8, 4) is 17.3 Å². The number of hydrogen-bond acceptors (Lipinski definition) is 7. The van der Waals surface area contributed by atoms with Crippen LogP contribution in [0, 0.1) is 0 Å². The van der Waals surface area contributed by atoms with E-state index in [2.05, 4.69) is 15.5 Å². The molecule has 146 valence electrons. The van der Waals surface area contributed by atoms with Crippen LogP contribution in [0.25, 0.3) is 11.6 Å². The lowest BCUT2D eigenvalue weighted by Gasteiger charge is -2.09. The van der Waals surface area contributed by atoms with Gasteiger partial charge in [-0.25, -0.2) is 0 Å². The quantitative estimate of drug-likeness (QED) is 0.535. The fraction of sp³-hybridized carbons (Fsp3) is 0.176. The number of amides is 2. The maximum absolute atomic E-state index is 12.2. The molecule has 3 N–H and O–H groups in total. The standard InChI is InChI=1S/C17H16ClN5O4S/c1-26-12-5-4-10(7-11(12)18)20-15(25)9-28-17-22-21-16(13-3-2-6-27-13)23(17)8-14(19)24/h2-7H,8-9H2,1H3,(H2,19,24)(H,20,25). The highest BCUT2D eigenvalue weighted by molar-refractivity contribution is 7.99. The zero-order chi connectivity index (χ0) is 20.1. The number of nitrogens with one attached hydrogen (secondary N) is 1. The van der Waals surface area contributed by atoms with E-state index >= 15 is 0 Å². The van der Waals surface area contributed by atoms with Crippen molar-refractivity contribution >= 4 is 40.9 Å². The monoisotopic (exact) mass is 421 g/mol. The number of hydrogen-bond donors (Lipinski definition) is 2. The van der Waals surface area contributed by atoms with Crippen LogP contribution in [0.4, 0.5) is 5.69 Å². The second-order valence-corrected chi connectivity index (χ2v) is 6.87. The first-order valence-corrected chi connectivity index (χ1v) is 9.36. The number of thioether (sulfide) groups is 1. The molecule has 0 fully saturated rings. The van der Waals surface area contributed by atoms with Crippen LogP contribution in [0.15, 0.2) is 46.2 Å². The molecular weight excluding hydrogens is 406 g/mol. The molecule has 2 heterocycles. The number of primary amides is 1. The minimum Gasteiger partial charge on any atom is -0.495 e. The number of carbonyl (C=O) groups excluding carboxylic acids is 2. The first-order chi connectivity index (χ1) is 13.5. The van der Waals surface area contributed by atoms with Crippen LogP contribution in [0.1, 0.15) is 0 Å². The lowest BCUT2D eigenvalue weighted by Crippen LogP contribution is -2.20. The number of carbonyl (C=O) groups is 2. The predicted octanol–water partition coefficient (Wildman–Crippen LogP) is 2.42. The van der Waals surface area contributed by atoms with Crippen molar-refractivity contribution in [3.63, 3.8) is 0 Å². The Labute approximate surface area is 169 Å². The maximum atomic E-state index is 12.2. The Morgan fingerprint density at radius 2 is 2.18 bits per heavy atom. The van der Waals surface area contributed by atoms with Crippen LogP contribution in [0.2, 0.25) is 5.02 Å². The van der Waals surface area contributed by atoms with Gasteiger partial charge in [-0.05, 0) is 30.3 Å². The van der Waals surface area contributed by atoms with Crippen molar-refractivity contribution in [2.24, 2.45) is 5.73 Å². The highest BCUT2D eigenvalue weighted by atomic mass is 35.5. The van der Waals surface area contributed by atoms with Crippen LogP contribution < -0.4 is 15.8 Å². The van der Waals surface area contributed by atoms with E-state index in [-0.39, 0.29) is 18.2 Å². The lowest BCUT2D eigenvalue weighted by atomic mass is 10.3. The molecule has 2 aromatic heterocycles. The summed E-state index contributed by atoms with van der Waals surface area (Å²) in [6.07, 6.45) is 1.48. The third kappa shape index (κ3) is 4.65. The van der Waals surface area contributed by atoms with Crippen LogP contribution in [-0.4, -0.2) is 39.4 Å². The summed E-state index contributed by atoms with van der Waals surface area (Å²) in [6, 6.07) is 8.31. The molecule has 0 aliphatic heterocycles. The number of halogens is 1. The molecular formula is C17H16ClN5O4S. The molecule has 0 aliphatic carbocycles. The van der Waals surface area contributed by atoms with Crippen molar-refractivity contribution < 1.29 is 18.7 Å². The summed E-state index contributed by atoms with van der Waals surface area (Å²) >= 11 is 7.17. The number of anilines is 1. The van der Waals surface area contributed by atoms with E-state index in [0.717, 1.165) is 11.8 Å². The van der Waals surface area contributed by atoms with E-state index < -0.39 is 5.91 Å². The maximum Gasteiger partial charge on any atom is 0.237 e. The summed E-state index contributed by atoms with van der Waals surface area (Å²) in [5.74, 6) is 0.510. The molecule has 28 heavy (non-hydrogen) atoms. The van der Waals surface area contributed by atoms with E-state index in [1.165, 1.54) is 17.9 Å². The van der Waals surface area contributed by atoms with Gasteiger partial charge >= 0.3 is 0 Å². The molecule has 3 aromatic rings. The Kier molecular flexibility index (Phi) is 6.22. The topological polar surface area (TPSA) is 125 Å². The average molecular weight is 422 g/mol. The Morgan fingerprint density at radius 1 is 1.36 bits per heavy atom. The van der Waals surface area contributed by atoms with Gasteiger partial charge < -0.3 is 20.2 Å². The van der Waals surface area contributed by atoms with Crippen LogP contribution in [-0.2, 0) is 16.1 Å². The average Bonchev–Trinajstić information content (AvgIpc) is 3.29. The predicted molar refractivity (Wildman–Crippen MR) is 104 cm³/mol. The third-order valence-electron chi connectivity index (χ3n) is 3.54. The highest BCUT2D eigenvalue weighted by Gasteiger charge is 2.19. The van der Waals surface area contributed by atoms with Crippen molar-refractivity contribution in [1.82, 2.24) is 14.8 Å². The molecule has 0 unspecified atom stereocenters. The summed E-state index contributed by atoms with van der Waals surface area (Å²) in [4.78, 5) is 23.7. The van der Waals surface area contributed by atoms with Gasteiger partial charge in [-0.1, -0.05) is 23.4 Å². The summed E-state index contributed by atoms with van der Waals surface area (Å²) in [6.45, 7) is -0.138. The molecule has 0 saturated carbocycles. The van der Waals surface area contributed by atoms with E-state index in [0.29, 0.717) is 33.2 Å². The zero-order valence-electron chi connectivity index (χ0n) is 14.7. The number of methoxy groups -OCH3 is 1. The molecule has 0 spiro atoms. The molecule has 0 atom stereocenters. The number of aromatic nitrogens is 3. The number of ether oxygens (including phenoxy) is 1. The normalized spacial score (nSPS) is 10.6. The first-order valence-electron chi connectivity index (χ1n) is 7.99. The van der Waals surface area contributed by atoms with Gasteiger partial charge in [0, 0.05) is 5.69 Å². The Bertz CT molecular complexity index is 990. The summed E-state index contributed by atoms with van der Waals surface area (Å²) in [5.41, 5.74) is 5.85. The zero-order valence-corrected chi connectivity index (χ0v) is 16.3. The van der Waals surface area contributed by atoms with Gasteiger partial charge in [0.2, 0.25) is 17.6 Å².